The molecule has 2 rings (SSSR count). The molecule has 0 bridgehead atoms. The summed E-state index contributed by atoms with van der Waals surface area (Å²) in [6, 6.07) is 5.72. The molecule has 1 saturated heterocycles. The van der Waals surface area contributed by atoms with Crippen molar-refractivity contribution in [2.24, 2.45) is 0 Å². The first kappa shape index (κ1) is 9.12. The highest BCUT2D eigenvalue weighted by Gasteiger charge is 1.90. The Hall–Kier alpha value is -0.970. The molecule has 3 N–H and O–H groups in total. The second kappa shape index (κ2) is 6.72. The monoisotopic (exact) mass is 166 g/mol. The Morgan fingerprint density at radius 1 is 0.917 bits per heavy atom. The predicted molar refractivity (Wildman–Crippen MR) is 48.0 cm³/mol. The summed E-state index contributed by atoms with van der Waals surface area (Å²) >= 11 is 0. The fourth-order valence-corrected chi connectivity index (χ4v) is 0.765. The van der Waals surface area contributed by atoms with Gasteiger partial charge in [0.1, 0.15) is 0 Å². The molecular weight excluding hydrogens is 152 g/mol. The lowest BCUT2D eigenvalue weighted by atomic mass is 10.4. The van der Waals surface area contributed by atoms with E-state index in [2.05, 4.69) is 21.4 Å². The van der Waals surface area contributed by atoms with Crippen LogP contribution in [0.25, 0.3) is 0 Å². The van der Waals surface area contributed by atoms with Gasteiger partial charge in [0.25, 0.3) is 0 Å². The lowest BCUT2D eigenvalue weighted by Crippen LogP contribution is -2.49. The van der Waals surface area contributed by atoms with E-state index in [4.69, 9.17) is 0 Å². The third kappa shape index (κ3) is 4.79. The molecule has 2 heterocycles. The van der Waals surface area contributed by atoms with Gasteiger partial charge in [0.05, 0.1) is 0 Å². The van der Waals surface area contributed by atoms with E-state index in [0.29, 0.717) is 0 Å². The van der Waals surface area contributed by atoms with Crippen LogP contribution in [0.1, 0.15) is 6.42 Å². The average molecular weight is 166 g/mol. The standard InChI is InChI=1S/C5H5N.C3H9N3/c2*1-2-4-6-5-3-1/h1-5H;4-6H,1-3H2. The summed E-state index contributed by atoms with van der Waals surface area (Å²) in [6.07, 6.45) is 4.72. The fourth-order valence-electron chi connectivity index (χ4n) is 0.765. The van der Waals surface area contributed by atoms with Crippen molar-refractivity contribution in [2.45, 2.75) is 6.42 Å². The molecule has 1 aromatic heterocycles. The van der Waals surface area contributed by atoms with Crippen LogP contribution in [-0.2, 0) is 0 Å². The van der Waals surface area contributed by atoms with Gasteiger partial charge in [-0.15, -0.1) is 0 Å². The van der Waals surface area contributed by atoms with Crippen LogP contribution in [0.15, 0.2) is 30.6 Å². The van der Waals surface area contributed by atoms with Crippen LogP contribution in [0.4, 0.5) is 0 Å². The third-order valence-electron chi connectivity index (χ3n) is 1.35. The molecule has 0 atom stereocenters. The van der Waals surface area contributed by atoms with Crippen LogP contribution < -0.4 is 16.4 Å². The van der Waals surface area contributed by atoms with Gasteiger partial charge in [-0.2, -0.15) is 5.53 Å². The molecule has 0 spiro atoms. The SMILES string of the molecule is C1CNNNC1.c1ccncc1. The Bertz CT molecular complexity index is 135. The molecule has 0 aliphatic carbocycles. The van der Waals surface area contributed by atoms with Crippen LogP contribution in [0.5, 0.6) is 0 Å². The summed E-state index contributed by atoms with van der Waals surface area (Å²) in [7, 11) is 0. The highest BCUT2D eigenvalue weighted by atomic mass is 15.6. The number of hydrogen-bond donors (Lipinski definition) is 3. The lowest BCUT2D eigenvalue weighted by molar-refractivity contribution is 0.372. The molecule has 1 aromatic rings. The number of hydrogen-bond acceptors (Lipinski definition) is 4. The van der Waals surface area contributed by atoms with Crippen LogP contribution in [0.2, 0.25) is 0 Å². The van der Waals surface area contributed by atoms with Crippen molar-refractivity contribution in [3.63, 3.8) is 0 Å². The van der Waals surface area contributed by atoms with Gasteiger partial charge >= 0.3 is 0 Å². The third-order valence-corrected chi connectivity index (χ3v) is 1.35. The topological polar surface area (TPSA) is 49.0 Å². The summed E-state index contributed by atoms with van der Waals surface area (Å²) in [5.74, 6) is 0. The Morgan fingerprint density at radius 3 is 1.75 bits per heavy atom. The lowest BCUT2D eigenvalue weighted by Gasteiger charge is -2.12. The van der Waals surface area contributed by atoms with E-state index in [1.807, 2.05) is 18.2 Å². The Kier molecular flexibility index (Phi) is 5.11. The number of hydrazine groups is 2. The number of nitrogens with one attached hydrogen (secondary N) is 3. The minimum atomic E-state index is 1.08. The smallest absolute Gasteiger partial charge is 0.0267 e. The fraction of sp³-hybridized carbons (Fsp3) is 0.375. The van der Waals surface area contributed by atoms with E-state index in [9.17, 15) is 0 Å². The summed E-state index contributed by atoms with van der Waals surface area (Å²) in [5.41, 5.74) is 8.63. The van der Waals surface area contributed by atoms with Gasteiger partial charge in [-0.3, -0.25) is 4.98 Å². The van der Waals surface area contributed by atoms with E-state index in [1.165, 1.54) is 6.42 Å². The highest BCUT2D eigenvalue weighted by Crippen LogP contribution is 1.73. The Balaban J connectivity index is 0.000000120. The molecule has 0 radical (unpaired) electrons. The van der Waals surface area contributed by atoms with Gasteiger partial charge < -0.3 is 0 Å². The summed E-state index contributed by atoms with van der Waals surface area (Å²) in [5, 5.41) is 0. The van der Waals surface area contributed by atoms with Crippen molar-refractivity contribution in [3.05, 3.63) is 30.6 Å². The maximum absolute atomic E-state index is 3.78. The number of rotatable bonds is 0. The zero-order valence-corrected chi connectivity index (χ0v) is 6.96. The van der Waals surface area contributed by atoms with Crippen molar-refractivity contribution in [1.29, 1.82) is 0 Å². The van der Waals surface area contributed by atoms with E-state index in [0.717, 1.165) is 13.1 Å². The van der Waals surface area contributed by atoms with E-state index < -0.39 is 0 Å². The van der Waals surface area contributed by atoms with E-state index in [-0.39, 0.29) is 0 Å². The maximum Gasteiger partial charge on any atom is 0.0267 e. The number of nitrogens with zero attached hydrogens (tertiary/aromatic N) is 1. The van der Waals surface area contributed by atoms with Crippen LogP contribution >= 0.6 is 0 Å². The van der Waals surface area contributed by atoms with Crippen LogP contribution in [0.3, 0.4) is 0 Å². The molecule has 4 heteroatoms. The van der Waals surface area contributed by atoms with Crippen molar-refractivity contribution < 1.29 is 0 Å². The molecule has 1 fully saturated rings. The molecule has 1 aliphatic rings. The van der Waals surface area contributed by atoms with Crippen molar-refractivity contribution in [1.82, 2.24) is 21.4 Å². The maximum atomic E-state index is 3.78. The first-order valence-corrected chi connectivity index (χ1v) is 4.06. The normalized spacial score (nSPS) is 16.0. The molecule has 66 valence electrons. The predicted octanol–water partition coefficient (Wildman–Crippen LogP) is 0.0705. The van der Waals surface area contributed by atoms with Crippen molar-refractivity contribution >= 4 is 0 Å². The van der Waals surface area contributed by atoms with Gasteiger partial charge in [0.15, 0.2) is 0 Å². The largest absolute Gasteiger partial charge is 0.265 e. The van der Waals surface area contributed by atoms with Crippen molar-refractivity contribution in [3.8, 4) is 0 Å². The van der Waals surface area contributed by atoms with E-state index >= 15 is 0 Å². The number of aromatic nitrogens is 1. The van der Waals surface area contributed by atoms with Crippen LogP contribution in [0, 0.1) is 0 Å². The number of pyridine rings is 1. The summed E-state index contributed by atoms with van der Waals surface area (Å²) in [6.45, 7) is 2.15. The Labute approximate surface area is 72.3 Å². The minimum Gasteiger partial charge on any atom is -0.265 e. The zero-order chi connectivity index (χ0) is 8.49. The first-order valence-electron chi connectivity index (χ1n) is 4.06. The minimum absolute atomic E-state index is 1.08. The second-order valence-electron chi connectivity index (χ2n) is 2.36. The Morgan fingerprint density at radius 2 is 1.58 bits per heavy atom. The van der Waals surface area contributed by atoms with Crippen LogP contribution in [-0.4, -0.2) is 18.1 Å². The van der Waals surface area contributed by atoms with Gasteiger partial charge in [-0.05, 0) is 18.6 Å². The van der Waals surface area contributed by atoms with Crippen molar-refractivity contribution in [2.75, 3.05) is 13.1 Å². The highest BCUT2D eigenvalue weighted by molar-refractivity contribution is 4.88. The molecular formula is C8H14N4. The molecule has 12 heavy (non-hydrogen) atoms. The molecule has 4 nitrogen and oxygen atoms in total. The summed E-state index contributed by atoms with van der Waals surface area (Å²) < 4.78 is 0. The molecule has 0 saturated carbocycles. The average Bonchev–Trinajstić information content (AvgIpc) is 2.24. The zero-order valence-electron chi connectivity index (χ0n) is 6.96. The van der Waals surface area contributed by atoms with Gasteiger partial charge in [0.2, 0.25) is 0 Å². The quantitative estimate of drug-likeness (QED) is 0.510. The molecule has 0 aromatic carbocycles. The molecule has 0 unspecified atom stereocenters. The summed E-state index contributed by atoms with van der Waals surface area (Å²) in [4.78, 5) is 3.78. The van der Waals surface area contributed by atoms with E-state index in [1.54, 1.807) is 12.4 Å². The van der Waals surface area contributed by atoms with Gasteiger partial charge in [-0.25, -0.2) is 10.9 Å². The molecule has 0 amide bonds. The first-order chi connectivity index (χ1) is 6.00. The van der Waals surface area contributed by atoms with Gasteiger partial charge in [-0.1, -0.05) is 6.07 Å². The molecule has 1 aliphatic heterocycles. The van der Waals surface area contributed by atoms with Gasteiger partial charge in [0, 0.05) is 25.5 Å². The second-order valence-corrected chi connectivity index (χ2v) is 2.36.